The molecule has 17 heavy (non-hydrogen) atoms. The molecular weight excluding hydrogens is 390 g/mol. The molecular formula is C12H9Cl2IOS. The van der Waals surface area contributed by atoms with Gasteiger partial charge in [-0.25, -0.2) is 0 Å². The number of hydrogen-bond acceptors (Lipinski definition) is 2. The molecule has 0 saturated heterocycles. The summed E-state index contributed by atoms with van der Waals surface area (Å²) in [6, 6.07) is 9.32. The molecule has 1 unspecified atom stereocenters. The van der Waals surface area contributed by atoms with Crippen LogP contribution in [-0.2, 0) is 6.42 Å². The third-order valence-electron chi connectivity index (χ3n) is 2.34. The molecule has 90 valence electrons. The summed E-state index contributed by atoms with van der Waals surface area (Å²) in [4.78, 5) is 1.07. The van der Waals surface area contributed by atoms with E-state index in [0.29, 0.717) is 11.4 Å². The SMILES string of the molecule is OC(Cc1ccc(Cl)s1)c1cc(Cl)ccc1I. The van der Waals surface area contributed by atoms with Gasteiger partial charge in [0.05, 0.1) is 10.4 Å². The van der Waals surface area contributed by atoms with E-state index in [1.165, 1.54) is 11.3 Å². The summed E-state index contributed by atoms with van der Waals surface area (Å²) < 4.78 is 1.76. The Morgan fingerprint density at radius 3 is 2.65 bits per heavy atom. The summed E-state index contributed by atoms with van der Waals surface area (Å²) in [5.74, 6) is 0. The van der Waals surface area contributed by atoms with Gasteiger partial charge in [-0.2, -0.15) is 0 Å². The van der Waals surface area contributed by atoms with Gasteiger partial charge in [0, 0.05) is 19.9 Å². The number of rotatable bonds is 3. The van der Waals surface area contributed by atoms with Crippen molar-refractivity contribution in [3.8, 4) is 0 Å². The van der Waals surface area contributed by atoms with E-state index in [9.17, 15) is 5.11 Å². The Morgan fingerprint density at radius 2 is 2.00 bits per heavy atom. The smallest absolute Gasteiger partial charge is 0.0931 e. The van der Waals surface area contributed by atoms with Crippen molar-refractivity contribution in [1.29, 1.82) is 0 Å². The molecule has 0 bridgehead atoms. The zero-order chi connectivity index (χ0) is 12.4. The van der Waals surface area contributed by atoms with Crippen molar-refractivity contribution in [1.82, 2.24) is 0 Å². The van der Waals surface area contributed by atoms with Gasteiger partial charge in [-0.3, -0.25) is 0 Å². The normalized spacial score (nSPS) is 12.7. The number of aliphatic hydroxyl groups is 1. The van der Waals surface area contributed by atoms with E-state index in [0.717, 1.165) is 18.3 Å². The van der Waals surface area contributed by atoms with E-state index in [2.05, 4.69) is 22.6 Å². The van der Waals surface area contributed by atoms with Crippen LogP contribution in [0.3, 0.4) is 0 Å². The monoisotopic (exact) mass is 398 g/mol. The maximum atomic E-state index is 10.2. The van der Waals surface area contributed by atoms with Crippen LogP contribution in [0, 0.1) is 3.57 Å². The van der Waals surface area contributed by atoms with Crippen molar-refractivity contribution in [3.05, 3.63) is 53.7 Å². The van der Waals surface area contributed by atoms with E-state index in [4.69, 9.17) is 23.2 Å². The standard InChI is InChI=1S/C12H9Cl2IOS/c13-7-1-3-10(15)9(5-7)11(16)6-8-2-4-12(14)17-8/h1-5,11,16H,6H2. The molecule has 0 radical (unpaired) electrons. The zero-order valence-electron chi connectivity index (χ0n) is 8.66. The Kier molecular flexibility index (Phi) is 4.72. The third kappa shape index (κ3) is 3.58. The second-order valence-corrected chi connectivity index (χ2v) is 6.99. The fourth-order valence-corrected chi connectivity index (χ4v) is 3.53. The van der Waals surface area contributed by atoms with Crippen LogP contribution in [0.1, 0.15) is 16.5 Å². The van der Waals surface area contributed by atoms with Gasteiger partial charge in [0.2, 0.25) is 0 Å². The molecule has 1 atom stereocenters. The van der Waals surface area contributed by atoms with Crippen LogP contribution >= 0.6 is 57.1 Å². The maximum Gasteiger partial charge on any atom is 0.0931 e. The van der Waals surface area contributed by atoms with E-state index in [1.54, 1.807) is 0 Å². The van der Waals surface area contributed by atoms with E-state index in [1.807, 2.05) is 30.3 Å². The zero-order valence-corrected chi connectivity index (χ0v) is 13.1. The Balaban J connectivity index is 2.19. The minimum atomic E-state index is -0.546. The number of aliphatic hydroxyl groups excluding tert-OH is 1. The lowest BCUT2D eigenvalue weighted by molar-refractivity contribution is 0.178. The van der Waals surface area contributed by atoms with Crippen molar-refractivity contribution in [2.45, 2.75) is 12.5 Å². The Labute approximate surface area is 128 Å². The molecule has 0 saturated carbocycles. The largest absolute Gasteiger partial charge is 0.388 e. The molecule has 5 heteroatoms. The predicted molar refractivity (Wildman–Crippen MR) is 82.2 cm³/mol. The van der Waals surface area contributed by atoms with E-state index in [-0.39, 0.29) is 0 Å². The first-order valence-electron chi connectivity index (χ1n) is 4.93. The van der Waals surface area contributed by atoms with E-state index >= 15 is 0 Å². The van der Waals surface area contributed by atoms with Gasteiger partial charge >= 0.3 is 0 Å². The quantitative estimate of drug-likeness (QED) is 0.726. The first-order valence-corrected chi connectivity index (χ1v) is 7.58. The van der Waals surface area contributed by atoms with Crippen LogP contribution in [-0.4, -0.2) is 5.11 Å². The third-order valence-corrected chi connectivity index (χ3v) is 4.81. The number of benzene rings is 1. The van der Waals surface area contributed by atoms with Gasteiger partial charge < -0.3 is 5.11 Å². The molecule has 0 fully saturated rings. The topological polar surface area (TPSA) is 20.2 Å². The lowest BCUT2D eigenvalue weighted by Gasteiger charge is -2.12. The first-order chi connectivity index (χ1) is 8.06. The number of thiophene rings is 1. The highest BCUT2D eigenvalue weighted by Gasteiger charge is 2.13. The molecule has 0 amide bonds. The highest BCUT2D eigenvalue weighted by atomic mass is 127. The predicted octanol–water partition coefficient (Wildman–Crippen LogP) is 4.94. The molecule has 0 spiro atoms. The highest BCUT2D eigenvalue weighted by molar-refractivity contribution is 14.1. The van der Waals surface area contributed by atoms with Crippen LogP contribution in [0.4, 0.5) is 0 Å². The van der Waals surface area contributed by atoms with Crippen LogP contribution in [0.15, 0.2) is 30.3 Å². The fraction of sp³-hybridized carbons (Fsp3) is 0.167. The molecule has 1 aromatic heterocycles. The maximum absolute atomic E-state index is 10.2. The van der Waals surface area contributed by atoms with Gasteiger partial charge in [-0.1, -0.05) is 23.2 Å². The minimum absolute atomic E-state index is 0.546. The molecule has 0 aliphatic rings. The van der Waals surface area contributed by atoms with Crippen molar-refractivity contribution in [2.24, 2.45) is 0 Å². The molecule has 2 aromatic rings. The van der Waals surface area contributed by atoms with Gasteiger partial charge in [0.25, 0.3) is 0 Å². The first kappa shape index (κ1) is 13.6. The Bertz CT molecular complexity index is 527. The van der Waals surface area contributed by atoms with Crippen LogP contribution < -0.4 is 0 Å². The van der Waals surface area contributed by atoms with Gasteiger partial charge in [-0.15, -0.1) is 11.3 Å². The van der Waals surface area contributed by atoms with Gasteiger partial charge in [0.15, 0.2) is 0 Å². The number of halogens is 3. The number of hydrogen-bond donors (Lipinski definition) is 1. The van der Waals surface area contributed by atoms with Gasteiger partial charge in [0.1, 0.15) is 0 Å². The van der Waals surface area contributed by atoms with Crippen molar-refractivity contribution < 1.29 is 5.11 Å². The van der Waals surface area contributed by atoms with E-state index < -0.39 is 6.10 Å². The molecule has 1 nitrogen and oxygen atoms in total. The highest BCUT2D eigenvalue weighted by Crippen LogP contribution is 2.29. The molecule has 0 aliphatic heterocycles. The van der Waals surface area contributed by atoms with Crippen molar-refractivity contribution in [2.75, 3.05) is 0 Å². The molecule has 2 rings (SSSR count). The second-order valence-electron chi connectivity index (χ2n) is 3.59. The molecule has 0 aliphatic carbocycles. The van der Waals surface area contributed by atoms with Crippen LogP contribution in [0.2, 0.25) is 9.36 Å². The molecule has 1 aromatic carbocycles. The lowest BCUT2D eigenvalue weighted by Crippen LogP contribution is -2.02. The Hall–Kier alpha value is 0.190. The lowest BCUT2D eigenvalue weighted by atomic mass is 10.1. The Morgan fingerprint density at radius 1 is 1.24 bits per heavy atom. The summed E-state index contributed by atoms with van der Waals surface area (Å²) in [5.41, 5.74) is 0.864. The fourth-order valence-electron chi connectivity index (χ4n) is 1.53. The van der Waals surface area contributed by atoms with Crippen molar-refractivity contribution >= 4 is 57.1 Å². The van der Waals surface area contributed by atoms with Crippen molar-refractivity contribution in [3.63, 3.8) is 0 Å². The molecule has 1 heterocycles. The summed E-state index contributed by atoms with van der Waals surface area (Å²) in [5, 5.41) is 10.8. The van der Waals surface area contributed by atoms with Crippen LogP contribution in [0.25, 0.3) is 0 Å². The summed E-state index contributed by atoms with van der Waals surface area (Å²) in [6.07, 6.45) is 0.0172. The average molecular weight is 399 g/mol. The average Bonchev–Trinajstić information content (AvgIpc) is 2.67. The summed E-state index contributed by atoms with van der Waals surface area (Å²) >= 11 is 15.5. The molecule has 1 N–H and O–H groups in total. The summed E-state index contributed by atoms with van der Waals surface area (Å²) in [6.45, 7) is 0. The van der Waals surface area contributed by atoms with Gasteiger partial charge in [-0.05, 0) is 58.5 Å². The van der Waals surface area contributed by atoms with Crippen LogP contribution in [0.5, 0.6) is 0 Å². The minimum Gasteiger partial charge on any atom is -0.388 e. The second kappa shape index (κ2) is 5.89. The summed E-state index contributed by atoms with van der Waals surface area (Å²) in [7, 11) is 0.